The van der Waals surface area contributed by atoms with Gasteiger partial charge in [-0.3, -0.25) is 4.90 Å². The predicted octanol–water partition coefficient (Wildman–Crippen LogP) is 2.49. The van der Waals surface area contributed by atoms with Gasteiger partial charge < -0.3 is 10.6 Å². The summed E-state index contributed by atoms with van der Waals surface area (Å²) in [7, 11) is 0. The second-order valence-electron chi connectivity index (χ2n) is 7.91. The van der Waals surface area contributed by atoms with Gasteiger partial charge in [-0.25, -0.2) is 0 Å². The molecular formula is C20H31N3. The Labute approximate surface area is 140 Å². The molecule has 0 spiro atoms. The van der Waals surface area contributed by atoms with E-state index in [-0.39, 0.29) is 0 Å². The summed E-state index contributed by atoms with van der Waals surface area (Å²) in [5.41, 5.74) is 1.46. The molecule has 2 saturated heterocycles. The van der Waals surface area contributed by atoms with Crippen molar-refractivity contribution in [3.63, 3.8) is 0 Å². The Hall–Kier alpha value is -0.900. The van der Waals surface area contributed by atoms with Crippen LogP contribution < -0.4 is 10.6 Å². The molecule has 0 aromatic heterocycles. The number of hydrogen-bond acceptors (Lipinski definition) is 3. The summed E-state index contributed by atoms with van der Waals surface area (Å²) in [5, 5.41) is 7.48. The summed E-state index contributed by atoms with van der Waals surface area (Å²) in [6.07, 6.45) is 5.58. The van der Waals surface area contributed by atoms with Crippen molar-refractivity contribution in [2.24, 2.45) is 17.8 Å². The maximum atomic E-state index is 3.94. The Morgan fingerprint density at radius 1 is 1.09 bits per heavy atom. The molecule has 126 valence electrons. The maximum absolute atomic E-state index is 3.94. The molecule has 0 amide bonds. The summed E-state index contributed by atoms with van der Waals surface area (Å²) in [6, 6.07) is 11.7. The normalized spacial score (nSPS) is 34.6. The molecule has 1 aromatic carbocycles. The van der Waals surface area contributed by atoms with Crippen molar-refractivity contribution < 1.29 is 0 Å². The first-order chi connectivity index (χ1) is 11.4. The summed E-state index contributed by atoms with van der Waals surface area (Å²) in [5.74, 6) is 2.67. The van der Waals surface area contributed by atoms with E-state index in [1.165, 1.54) is 64.0 Å². The third-order valence-corrected chi connectivity index (χ3v) is 6.25. The van der Waals surface area contributed by atoms with Gasteiger partial charge in [-0.05, 0) is 68.6 Å². The highest BCUT2D eigenvalue weighted by Gasteiger charge is 2.42. The van der Waals surface area contributed by atoms with Crippen molar-refractivity contribution in [3.8, 4) is 0 Å². The van der Waals surface area contributed by atoms with Gasteiger partial charge in [-0.15, -0.1) is 0 Å². The van der Waals surface area contributed by atoms with E-state index in [1.54, 1.807) is 0 Å². The molecule has 3 fully saturated rings. The first-order valence-electron chi connectivity index (χ1n) is 9.59. The van der Waals surface area contributed by atoms with E-state index < -0.39 is 0 Å². The van der Waals surface area contributed by atoms with Crippen molar-refractivity contribution in [1.82, 2.24) is 15.5 Å². The zero-order chi connectivity index (χ0) is 15.5. The summed E-state index contributed by atoms with van der Waals surface area (Å²) in [4.78, 5) is 2.68. The number of nitrogens with zero attached hydrogens (tertiary/aromatic N) is 1. The minimum absolute atomic E-state index is 0.766. The number of hydrogen-bond donors (Lipinski definition) is 2. The molecule has 4 rings (SSSR count). The molecule has 23 heavy (non-hydrogen) atoms. The smallest absolute Gasteiger partial charge is 0.0233 e. The van der Waals surface area contributed by atoms with Gasteiger partial charge >= 0.3 is 0 Å². The summed E-state index contributed by atoms with van der Waals surface area (Å²) in [6.45, 7) is 7.39. The van der Waals surface area contributed by atoms with Crippen LogP contribution in [0.25, 0.3) is 0 Å². The molecule has 4 unspecified atom stereocenters. The molecule has 4 atom stereocenters. The molecule has 2 aliphatic heterocycles. The van der Waals surface area contributed by atoms with E-state index in [2.05, 4.69) is 45.9 Å². The minimum Gasteiger partial charge on any atom is -0.316 e. The first kappa shape index (κ1) is 15.6. The zero-order valence-corrected chi connectivity index (χ0v) is 14.2. The van der Waals surface area contributed by atoms with Crippen LogP contribution in [0.2, 0.25) is 0 Å². The van der Waals surface area contributed by atoms with Gasteiger partial charge in [0.1, 0.15) is 0 Å². The second kappa shape index (κ2) is 7.33. The Balaban J connectivity index is 1.27. The Kier molecular flexibility index (Phi) is 4.98. The van der Waals surface area contributed by atoms with Gasteiger partial charge in [0.15, 0.2) is 0 Å². The Morgan fingerprint density at radius 2 is 2.00 bits per heavy atom. The van der Waals surface area contributed by atoms with Crippen LogP contribution in [0.4, 0.5) is 0 Å². The van der Waals surface area contributed by atoms with Gasteiger partial charge in [0, 0.05) is 25.7 Å². The lowest BCUT2D eigenvalue weighted by Crippen LogP contribution is -2.42. The van der Waals surface area contributed by atoms with Crippen LogP contribution in [0, 0.1) is 17.8 Å². The predicted molar refractivity (Wildman–Crippen MR) is 95.3 cm³/mol. The number of benzene rings is 1. The van der Waals surface area contributed by atoms with Crippen LogP contribution in [-0.4, -0.2) is 43.7 Å². The Bertz CT molecular complexity index is 483. The van der Waals surface area contributed by atoms with E-state index in [0.29, 0.717) is 0 Å². The zero-order valence-electron chi connectivity index (χ0n) is 14.2. The van der Waals surface area contributed by atoms with Crippen molar-refractivity contribution in [2.45, 2.75) is 38.3 Å². The number of nitrogens with one attached hydrogen (secondary N) is 2. The van der Waals surface area contributed by atoms with Crippen LogP contribution in [0.5, 0.6) is 0 Å². The van der Waals surface area contributed by atoms with Crippen LogP contribution in [0.1, 0.15) is 31.2 Å². The SMILES string of the molecule is c1ccc(CN2CC3CCC(NCC4CCCNC4)C3C2)cc1. The molecule has 1 aromatic rings. The monoisotopic (exact) mass is 313 g/mol. The minimum atomic E-state index is 0.766. The standard InChI is InChI=1S/C20H31N3/c1-2-5-16(6-3-1)13-23-14-18-8-9-20(19(18)15-23)22-12-17-7-4-10-21-11-17/h1-3,5-6,17-22H,4,7-15H2. The lowest BCUT2D eigenvalue weighted by molar-refractivity contribution is 0.278. The van der Waals surface area contributed by atoms with Gasteiger partial charge in [0.05, 0.1) is 0 Å². The van der Waals surface area contributed by atoms with Gasteiger partial charge in [-0.2, -0.15) is 0 Å². The number of rotatable bonds is 5. The highest BCUT2D eigenvalue weighted by molar-refractivity contribution is 5.15. The molecule has 1 aliphatic carbocycles. The van der Waals surface area contributed by atoms with Crippen molar-refractivity contribution in [3.05, 3.63) is 35.9 Å². The molecule has 3 heteroatoms. The van der Waals surface area contributed by atoms with E-state index in [9.17, 15) is 0 Å². The average molecular weight is 313 g/mol. The van der Waals surface area contributed by atoms with Crippen LogP contribution in [-0.2, 0) is 6.54 Å². The Morgan fingerprint density at radius 3 is 2.83 bits per heavy atom. The second-order valence-corrected chi connectivity index (χ2v) is 7.91. The third-order valence-electron chi connectivity index (χ3n) is 6.25. The van der Waals surface area contributed by atoms with Crippen molar-refractivity contribution in [2.75, 3.05) is 32.7 Å². The van der Waals surface area contributed by atoms with Crippen LogP contribution in [0.15, 0.2) is 30.3 Å². The van der Waals surface area contributed by atoms with Gasteiger partial charge in [0.2, 0.25) is 0 Å². The van der Waals surface area contributed by atoms with E-state index in [0.717, 1.165) is 30.3 Å². The van der Waals surface area contributed by atoms with Crippen molar-refractivity contribution >= 4 is 0 Å². The van der Waals surface area contributed by atoms with Crippen molar-refractivity contribution in [1.29, 1.82) is 0 Å². The fourth-order valence-electron chi connectivity index (χ4n) is 5.00. The van der Waals surface area contributed by atoms with E-state index >= 15 is 0 Å². The quantitative estimate of drug-likeness (QED) is 0.874. The lowest BCUT2D eigenvalue weighted by atomic mass is 9.96. The van der Waals surface area contributed by atoms with E-state index in [1.807, 2.05) is 0 Å². The molecule has 3 nitrogen and oxygen atoms in total. The number of likely N-dealkylation sites (tertiary alicyclic amines) is 1. The average Bonchev–Trinajstić information content (AvgIpc) is 3.15. The van der Waals surface area contributed by atoms with Crippen LogP contribution >= 0.6 is 0 Å². The third kappa shape index (κ3) is 3.78. The maximum Gasteiger partial charge on any atom is 0.0233 e. The topological polar surface area (TPSA) is 27.3 Å². The molecule has 3 aliphatic rings. The number of fused-ring (bicyclic) bond motifs is 1. The number of piperidine rings is 1. The molecule has 0 bridgehead atoms. The molecule has 2 heterocycles. The first-order valence-corrected chi connectivity index (χ1v) is 9.59. The fourth-order valence-corrected chi connectivity index (χ4v) is 5.00. The molecular weight excluding hydrogens is 282 g/mol. The highest BCUT2D eigenvalue weighted by Crippen LogP contribution is 2.38. The largest absolute Gasteiger partial charge is 0.316 e. The fraction of sp³-hybridized carbons (Fsp3) is 0.700. The lowest BCUT2D eigenvalue weighted by Gasteiger charge is -2.27. The summed E-state index contributed by atoms with van der Waals surface area (Å²) >= 11 is 0. The van der Waals surface area contributed by atoms with E-state index in [4.69, 9.17) is 0 Å². The highest BCUT2D eigenvalue weighted by atomic mass is 15.2. The van der Waals surface area contributed by atoms with Crippen LogP contribution in [0.3, 0.4) is 0 Å². The van der Waals surface area contributed by atoms with Gasteiger partial charge in [0.25, 0.3) is 0 Å². The summed E-state index contributed by atoms with van der Waals surface area (Å²) < 4.78 is 0. The molecule has 2 N–H and O–H groups in total. The van der Waals surface area contributed by atoms with Gasteiger partial charge in [-0.1, -0.05) is 30.3 Å². The molecule has 1 saturated carbocycles. The molecule has 0 radical (unpaired) electrons.